The van der Waals surface area contributed by atoms with E-state index in [0.717, 1.165) is 12.1 Å². The van der Waals surface area contributed by atoms with Crippen molar-refractivity contribution in [3.63, 3.8) is 0 Å². The van der Waals surface area contributed by atoms with Crippen LogP contribution in [0.2, 0.25) is 0 Å². The van der Waals surface area contributed by atoms with Gasteiger partial charge < -0.3 is 10.2 Å². The molecule has 0 bridgehead atoms. The van der Waals surface area contributed by atoms with Crippen molar-refractivity contribution in [3.8, 4) is 11.5 Å². The van der Waals surface area contributed by atoms with Gasteiger partial charge in [0.15, 0.2) is 11.5 Å². The number of phenolic OH excluding ortho intramolecular Hbond substituents is 2. The van der Waals surface area contributed by atoms with Gasteiger partial charge in [0.05, 0.1) is 4.92 Å². The molecular weight excluding hydrogens is 286 g/mol. The second-order valence-electron chi connectivity index (χ2n) is 4.65. The largest absolute Gasteiger partial charge is 0.504 e. The van der Waals surface area contributed by atoms with Crippen molar-refractivity contribution in [2.24, 2.45) is 0 Å². The Morgan fingerprint density at radius 3 is 2.36 bits per heavy atom. The maximum absolute atomic E-state index is 11.8. The average molecular weight is 299 g/mol. The summed E-state index contributed by atoms with van der Waals surface area (Å²) in [6, 6.07) is 11.1. The molecule has 0 heterocycles. The number of rotatable bonds is 4. The molecule has 2 rings (SSSR count). The van der Waals surface area contributed by atoms with Gasteiger partial charge in [0, 0.05) is 11.6 Å². The number of ketones is 1. The zero-order valence-electron chi connectivity index (χ0n) is 11.7. The van der Waals surface area contributed by atoms with Crippen LogP contribution in [0, 0.1) is 10.1 Å². The Morgan fingerprint density at radius 2 is 1.82 bits per heavy atom. The third-order valence-electron chi connectivity index (χ3n) is 3.06. The van der Waals surface area contributed by atoms with Crippen LogP contribution in [0.4, 0.5) is 5.69 Å². The summed E-state index contributed by atoms with van der Waals surface area (Å²) in [4.78, 5) is 21.9. The molecule has 0 saturated carbocycles. The molecule has 0 amide bonds. The number of phenols is 2. The summed E-state index contributed by atoms with van der Waals surface area (Å²) in [5.41, 5.74) is 0.628. The summed E-state index contributed by atoms with van der Waals surface area (Å²) in [7, 11) is 0. The molecular formula is C16H13NO5. The predicted molar refractivity (Wildman–Crippen MR) is 81.4 cm³/mol. The van der Waals surface area contributed by atoms with Crippen molar-refractivity contribution >= 4 is 23.1 Å². The van der Waals surface area contributed by atoms with Gasteiger partial charge in [0.25, 0.3) is 0 Å². The van der Waals surface area contributed by atoms with Crippen molar-refractivity contribution < 1.29 is 19.9 Å². The molecule has 6 heteroatoms. The van der Waals surface area contributed by atoms with E-state index < -0.39 is 22.1 Å². The van der Waals surface area contributed by atoms with Crippen molar-refractivity contribution in [2.75, 3.05) is 0 Å². The van der Waals surface area contributed by atoms with Crippen LogP contribution in [0.15, 0.2) is 42.5 Å². The summed E-state index contributed by atoms with van der Waals surface area (Å²) in [5, 5.41) is 29.9. The maximum atomic E-state index is 11.8. The molecule has 0 saturated heterocycles. The number of hydrogen-bond acceptors (Lipinski definition) is 5. The van der Waals surface area contributed by atoms with E-state index in [4.69, 9.17) is 0 Å². The zero-order chi connectivity index (χ0) is 16.3. The highest BCUT2D eigenvalue weighted by atomic mass is 16.6. The summed E-state index contributed by atoms with van der Waals surface area (Å²) < 4.78 is 0. The van der Waals surface area contributed by atoms with Crippen LogP contribution < -0.4 is 0 Å². The van der Waals surface area contributed by atoms with Crippen molar-refractivity contribution in [1.82, 2.24) is 0 Å². The smallest absolute Gasteiger partial charge is 0.315 e. The summed E-state index contributed by atoms with van der Waals surface area (Å²) in [6.07, 6.45) is 1.43. The van der Waals surface area contributed by atoms with Gasteiger partial charge in [-0.05, 0) is 30.2 Å². The summed E-state index contributed by atoms with van der Waals surface area (Å²) in [6.45, 7) is 1.38. The number of Topliss-reactive ketones (excluding diaryl/α,β-unsaturated/α-hetero) is 1. The molecule has 0 spiro atoms. The molecule has 0 aliphatic carbocycles. The SMILES string of the molecule is CC(=O)C(=Cc1cc(O)c(O)c([N+](=O)[O-])c1)c1ccccc1. The minimum Gasteiger partial charge on any atom is -0.504 e. The van der Waals surface area contributed by atoms with E-state index in [2.05, 4.69) is 0 Å². The number of allylic oxidation sites excluding steroid dienone is 1. The van der Waals surface area contributed by atoms with Crippen LogP contribution in [0.25, 0.3) is 11.6 Å². The van der Waals surface area contributed by atoms with E-state index in [1.165, 1.54) is 13.0 Å². The van der Waals surface area contributed by atoms with E-state index in [9.17, 15) is 25.1 Å². The lowest BCUT2D eigenvalue weighted by Crippen LogP contribution is -1.96. The topological polar surface area (TPSA) is 101 Å². The van der Waals surface area contributed by atoms with E-state index in [-0.39, 0.29) is 11.3 Å². The Kier molecular flexibility index (Phi) is 4.22. The van der Waals surface area contributed by atoms with Crippen molar-refractivity contribution in [1.29, 1.82) is 0 Å². The molecule has 2 aromatic rings. The maximum Gasteiger partial charge on any atom is 0.315 e. The first-order valence-electron chi connectivity index (χ1n) is 6.38. The third-order valence-corrected chi connectivity index (χ3v) is 3.06. The molecule has 0 radical (unpaired) electrons. The quantitative estimate of drug-likeness (QED) is 0.297. The second-order valence-corrected chi connectivity index (χ2v) is 4.65. The monoisotopic (exact) mass is 299 g/mol. The highest BCUT2D eigenvalue weighted by molar-refractivity contribution is 6.24. The first kappa shape index (κ1) is 15.2. The van der Waals surface area contributed by atoms with E-state index in [0.29, 0.717) is 11.1 Å². The molecule has 0 atom stereocenters. The van der Waals surface area contributed by atoms with Gasteiger partial charge in [-0.15, -0.1) is 0 Å². The Bertz CT molecular complexity index is 766. The molecule has 112 valence electrons. The summed E-state index contributed by atoms with van der Waals surface area (Å²) in [5.74, 6) is -1.64. The number of benzene rings is 2. The predicted octanol–water partition coefficient (Wildman–Crippen LogP) is 3.14. The minimum atomic E-state index is -0.803. The number of hydrogen-bond donors (Lipinski definition) is 2. The first-order valence-corrected chi connectivity index (χ1v) is 6.38. The van der Waals surface area contributed by atoms with Gasteiger partial charge in [-0.2, -0.15) is 0 Å². The Hall–Kier alpha value is -3.15. The second kappa shape index (κ2) is 6.09. The number of nitro groups is 1. The third kappa shape index (κ3) is 3.12. The van der Waals surface area contributed by atoms with Gasteiger partial charge in [-0.1, -0.05) is 30.3 Å². The molecule has 0 unspecified atom stereocenters. The zero-order valence-corrected chi connectivity index (χ0v) is 11.7. The van der Waals surface area contributed by atoms with E-state index in [1.54, 1.807) is 30.3 Å². The van der Waals surface area contributed by atoms with Crippen LogP contribution in [0.1, 0.15) is 18.1 Å². The van der Waals surface area contributed by atoms with Gasteiger partial charge in [0.2, 0.25) is 5.75 Å². The number of carbonyl (C=O) groups excluding carboxylic acids is 1. The van der Waals surface area contributed by atoms with Gasteiger partial charge in [-0.3, -0.25) is 14.9 Å². The normalized spacial score (nSPS) is 11.2. The van der Waals surface area contributed by atoms with Crippen LogP contribution in [-0.4, -0.2) is 20.9 Å². The van der Waals surface area contributed by atoms with E-state index >= 15 is 0 Å². The highest BCUT2D eigenvalue weighted by Gasteiger charge is 2.19. The Labute approximate surface area is 126 Å². The number of nitrogens with zero attached hydrogens (tertiary/aromatic N) is 1. The van der Waals surface area contributed by atoms with Crippen molar-refractivity contribution in [3.05, 3.63) is 63.7 Å². The fourth-order valence-corrected chi connectivity index (χ4v) is 2.02. The molecule has 0 aromatic heterocycles. The highest BCUT2D eigenvalue weighted by Crippen LogP contribution is 2.37. The lowest BCUT2D eigenvalue weighted by molar-refractivity contribution is -0.386. The molecule has 22 heavy (non-hydrogen) atoms. The number of aromatic hydroxyl groups is 2. The first-order chi connectivity index (χ1) is 10.4. The van der Waals surface area contributed by atoms with Gasteiger partial charge in [-0.25, -0.2) is 0 Å². The Morgan fingerprint density at radius 1 is 1.18 bits per heavy atom. The standard InChI is InChI=1S/C16H13NO5/c1-10(18)13(12-5-3-2-4-6-12)7-11-8-14(17(21)22)16(20)15(19)9-11/h2-9,19-20H,1H3. The lowest BCUT2D eigenvalue weighted by atomic mass is 9.99. The Balaban J connectivity index is 2.59. The van der Waals surface area contributed by atoms with Gasteiger partial charge in [0.1, 0.15) is 0 Å². The summed E-state index contributed by atoms with van der Waals surface area (Å²) >= 11 is 0. The molecule has 2 aromatic carbocycles. The van der Waals surface area contributed by atoms with Crippen LogP contribution in [0.3, 0.4) is 0 Å². The molecule has 0 aliphatic rings. The average Bonchev–Trinajstić information content (AvgIpc) is 2.48. The molecule has 6 nitrogen and oxygen atoms in total. The van der Waals surface area contributed by atoms with E-state index in [1.807, 2.05) is 0 Å². The molecule has 0 aliphatic heterocycles. The lowest BCUT2D eigenvalue weighted by Gasteiger charge is -2.06. The molecule has 0 fully saturated rings. The molecule has 2 N–H and O–H groups in total. The number of carbonyl (C=O) groups is 1. The minimum absolute atomic E-state index is 0.221. The fourth-order valence-electron chi connectivity index (χ4n) is 2.02. The van der Waals surface area contributed by atoms with Crippen molar-refractivity contribution in [2.45, 2.75) is 6.92 Å². The fraction of sp³-hybridized carbons (Fsp3) is 0.0625. The number of nitro benzene ring substituents is 1. The van der Waals surface area contributed by atoms with Crippen LogP contribution in [0.5, 0.6) is 11.5 Å². The van der Waals surface area contributed by atoms with Crippen LogP contribution >= 0.6 is 0 Å². The van der Waals surface area contributed by atoms with Gasteiger partial charge >= 0.3 is 5.69 Å². The van der Waals surface area contributed by atoms with Crippen LogP contribution in [-0.2, 0) is 4.79 Å².